The smallest absolute Gasteiger partial charge is 0.187 e. The molecule has 3 nitrogen and oxygen atoms in total. The fourth-order valence-corrected chi connectivity index (χ4v) is 2.63. The molecular weight excluding hydrogens is 278 g/mol. The van der Waals surface area contributed by atoms with Crippen molar-refractivity contribution >= 4 is 29.1 Å². The summed E-state index contributed by atoms with van der Waals surface area (Å²) in [6.07, 6.45) is 10.4. The average molecular weight is 301 g/mol. The quantitative estimate of drug-likeness (QED) is 0.503. The van der Waals surface area contributed by atoms with Crippen LogP contribution in [0.5, 0.6) is 0 Å². The highest BCUT2D eigenvalue weighted by Crippen LogP contribution is 2.17. The van der Waals surface area contributed by atoms with Crippen LogP contribution >= 0.6 is 12.2 Å². The molecule has 1 aromatic rings. The minimum absolute atomic E-state index is 0.508. The molecule has 2 N–H and O–H groups in total. The lowest BCUT2D eigenvalue weighted by Gasteiger charge is -2.23. The highest BCUT2D eigenvalue weighted by molar-refractivity contribution is 7.80. The summed E-state index contributed by atoms with van der Waals surface area (Å²) >= 11 is 5.28. The van der Waals surface area contributed by atoms with E-state index in [1.54, 1.807) is 0 Å². The molecule has 1 aliphatic rings. The Balaban J connectivity index is 1.77. The lowest BCUT2D eigenvalue weighted by molar-refractivity contribution is 0.412. The second-order valence-electron chi connectivity index (χ2n) is 5.42. The van der Waals surface area contributed by atoms with Gasteiger partial charge in [-0.15, -0.1) is 0 Å². The SMILES string of the molecule is CC(/C=C/c1ccccc1)=N/NC(=S)NC1CCCCC1. The van der Waals surface area contributed by atoms with Crippen LogP contribution in [0.3, 0.4) is 0 Å². The first kappa shape index (κ1) is 15.7. The van der Waals surface area contributed by atoms with Gasteiger partial charge < -0.3 is 5.32 Å². The molecule has 0 aromatic heterocycles. The molecule has 0 aliphatic heterocycles. The highest BCUT2D eigenvalue weighted by atomic mass is 32.1. The summed E-state index contributed by atoms with van der Waals surface area (Å²) in [4.78, 5) is 0. The number of hydrazone groups is 1. The predicted octanol–water partition coefficient (Wildman–Crippen LogP) is 3.87. The number of nitrogens with zero attached hydrogens (tertiary/aromatic N) is 1. The van der Waals surface area contributed by atoms with Crippen LogP contribution in [0.1, 0.15) is 44.6 Å². The van der Waals surface area contributed by atoms with Gasteiger partial charge in [-0.05, 0) is 43.6 Å². The zero-order valence-corrected chi connectivity index (χ0v) is 13.3. The fourth-order valence-electron chi connectivity index (χ4n) is 2.42. The topological polar surface area (TPSA) is 36.4 Å². The maximum absolute atomic E-state index is 5.28. The van der Waals surface area contributed by atoms with Crippen molar-refractivity contribution in [2.24, 2.45) is 5.10 Å². The molecule has 2 rings (SSSR count). The summed E-state index contributed by atoms with van der Waals surface area (Å²) in [6, 6.07) is 10.7. The van der Waals surface area contributed by atoms with Crippen molar-refractivity contribution in [1.29, 1.82) is 0 Å². The second kappa shape index (κ2) is 8.57. The Kier molecular flexibility index (Phi) is 6.41. The molecule has 0 unspecified atom stereocenters. The number of hydrogen-bond acceptors (Lipinski definition) is 2. The second-order valence-corrected chi connectivity index (χ2v) is 5.83. The Hall–Kier alpha value is -1.68. The maximum Gasteiger partial charge on any atom is 0.187 e. The van der Waals surface area contributed by atoms with Crippen molar-refractivity contribution in [3.05, 3.63) is 42.0 Å². The van der Waals surface area contributed by atoms with Crippen molar-refractivity contribution in [3.8, 4) is 0 Å². The summed E-state index contributed by atoms with van der Waals surface area (Å²) in [7, 11) is 0. The molecule has 0 bridgehead atoms. The number of thiocarbonyl (C=S) groups is 1. The Morgan fingerprint density at radius 2 is 1.90 bits per heavy atom. The van der Waals surface area contributed by atoms with E-state index in [2.05, 4.69) is 28.0 Å². The van der Waals surface area contributed by atoms with Gasteiger partial charge in [-0.2, -0.15) is 5.10 Å². The molecule has 0 amide bonds. The first-order valence-corrected chi connectivity index (χ1v) is 7.99. The molecule has 0 heterocycles. The number of benzene rings is 1. The van der Waals surface area contributed by atoms with E-state index in [0.717, 1.165) is 11.3 Å². The van der Waals surface area contributed by atoms with E-state index in [-0.39, 0.29) is 0 Å². The van der Waals surface area contributed by atoms with Crippen molar-refractivity contribution in [2.75, 3.05) is 0 Å². The normalized spacial score (nSPS) is 16.9. The predicted molar refractivity (Wildman–Crippen MR) is 94.3 cm³/mol. The lowest BCUT2D eigenvalue weighted by Crippen LogP contribution is -2.41. The van der Waals surface area contributed by atoms with E-state index in [0.29, 0.717) is 11.2 Å². The summed E-state index contributed by atoms with van der Waals surface area (Å²) in [5, 5.41) is 8.24. The zero-order valence-electron chi connectivity index (χ0n) is 12.5. The Labute approximate surface area is 132 Å². The first-order chi connectivity index (χ1) is 10.2. The standard InChI is InChI=1S/C17H23N3S/c1-14(12-13-15-8-4-2-5-9-15)19-20-17(21)18-16-10-6-3-7-11-16/h2,4-5,8-9,12-13,16H,3,6-7,10-11H2,1H3,(H2,18,20,21)/b13-12+,19-14-. The van der Waals surface area contributed by atoms with Crippen molar-refractivity contribution in [3.63, 3.8) is 0 Å². The molecule has 0 spiro atoms. The molecule has 4 heteroatoms. The van der Waals surface area contributed by atoms with E-state index in [1.807, 2.05) is 37.3 Å². The van der Waals surface area contributed by atoms with E-state index >= 15 is 0 Å². The third-order valence-corrected chi connectivity index (χ3v) is 3.80. The lowest BCUT2D eigenvalue weighted by atomic mass is 9.96. The van der Waals surface area contributed by atoms with Gasteiger partial charge in [0.15, 0.2) is 5.11 Å². The van der Waals surface area contributed by atoms with Crippen LogP contribution in [0.4, 0.5) is 0 Å². The van der Waals surface area contributed by atoms with Crippen molar-refractivity contribution < 1.29 is 0 Å². The summed E-state index contributed by atoms with van der Waals surface area (Å²) in [6.45, 7) is 1.95. The van der Waals surface area contributed by atoms with Gasteiger partial charge in [-0.1, -0.05) is 55.7 Å². The Morgan fingerprint density at radius 3 is 2.62 bits per heavy atom. The van der Waals surface area contributed by atoms with Crippen LogP contribution in [0.25, 0.3) is 6.08 Å². The van der Waals surface area contributed by atoms with Gasteiger partial charge in [-0.3, -0.25) is 5.43 Å². The monoisotopic (exact) mass is 301 g/mol. The summed E-state index contributed by atoms with van der Waals surface area (Å²) < 4.78 is 0. The van der Waals surface area contributed by atoms with E-state index in [9.17, 15) is 0 Å². The van der Waals surface area contributed by atoms with E-state index < -0.39 is 0 Å². The van der Waals surface area contributed by atoms with Gasteiger partial charge in [0, 0.05) is 6.04 Å². The molecule has 0 atom stereocenters. The van der Waals surface area contributed by atoms with Gasteiger partial charge in [0.1, 0.15) is 0 Å². The highest BCUT2D eigenvalue weighted by Gasteiger charge is 2.13. The van der Waals surface area contributed by atoms with Crippen LogP contribution in [-0.4, -0.2) is 16.9 Å². The summed E-state index contributed by atoms with van der Waals surface area (Å²) in [5.41, 5.74) is 4.98. The molecule has 1 saturated carbocycles. The van der Waals surface area contributed by atoms with Crippen LogP contribution in [-0.2, 0) is 0 Å². The number of rotatable bonds is 4. The molecule has 1 aromatic carbocycles. The number of nitrogens with one attached hydrogen (secondary N) is 2. The van der Waals surface area contributed by atoms with Crippen LogP contribution < -0.4 is 10.7 Å². The largest absolute Gasteiger partial charge is 0.359 e. The first-order valence-electron chi connectivity index (χ1n) is 7.58. The van der Waals surface area contributed by atoms with Gasteiger partial charge in [-0.25, -0.2) is 0 Å². The van der Waals surface area contributed by atoms with E-state index in [1.165, 1.54) is 32.1 Å². The molecule has 112 valence electrons. The average Bonchev–Trinajstić information content (AvgIpc) is 2.53. The number of allylic oxidation sites excluding steroid dienone is 1. The third-order valence-electron chi connectivity index (χ3n) is 3.59. The molecule has 21 heavy (non-hydrogen) atoms. The van der Waals surface area contributed by atoms with Crippen LogP contribution in [0.15, 0.2) is 41.5 Å². The van der Waals surface area contributed by atoms with Gasteiger partial charge in [0.05, 0.1) is 5.71 Å². The molecule has 0 radical (unpaired) electrons. The molecule has 1 aliphatic carbocycles. The fraction of sp³-hybridized carbons (Fsp3) is 0.412. The molecule has 0 saturated heterocycles. The summed E-state index contributed by atoms with van der Waals surface area (Å²) in [5.74, 6) is 0. The maximum atomic E-state index is 5.28. The number of hydrogen-bond donors (Lipinski definition) is 2. The van der Waals surface area contributed by atoms with Crippen LogP contribution in [0, 0.1) is 0 Å². The Bertz CT molecular complexity index is 502. The van der Waals surface area contributed by atoms with Gasteiger partial charge >= 0.3 is 0 Å². The van der Waals surface area contributed by atoms with Gasteiger partial charge in [0.2, 0.25) is 0 Å². The van der Waals surface area contributed by atoms with E-state index in [4.69, 9.17) is 12.2 Å². The van der Waals surface area contributed by atoms with Crippen molar-refractivity contribution in [2.45, 2.75) is 45.1 Å². The van der Waals surface area contributed by atoms with Gasteiger partial charge in [0.25, 0.3) is 0 Å². The minimum atomic E-state index is 0.508. The third kappa shape index (κ3) is 6.08. The minimum Gasteiger partial charge on any atom is -0.359 e. The van der Waals surface area contributed by atoms with Crippen LogP contribution in [0.2, 0.25) is 0 Å². The molecular formula is C17H23N3S. The zero-order chi connectivity index (χ0) is 14.9. The molecule has 1 fully saturated rings. The Morgan fingerprint density at radius 1 is 1.19 bits per heavy atom. The van der Waals surface area contributed by atoms with Crippen molar-refractivity contribution in [1.82, 2.24) is 10.7 Å².